The van der Waals surface area contributed by atoms with Gasteiger partial charge >= 0.3 is 0 Å². The molecule has 0 atom stereocenters. The lowest BCUT2D eigenvalue weighted by Gasteiger charge is -2.08. The zero-order valence-corrected chi connectivity index (χ0v) is 14.8. The van der Waals surface area contributed by atoms with E-state index in [2.05, 4.69) is 20.6 Å². The maximum Gasteiger partial charge on any atom is 0.270 e. The molecule has 0 saturated heterocycles. The van der Waals surface area contributed by atoms with Gasteiger partial charge in [-0.3, -0.25) is 4.79 Å². The third-order valence-electron chi connectivity index (χ3n) is 3.83. The molecule has 1 amide bonds. The van der Waals surface area contributed by atoms with E-state index in [0.29, 0.717) is 18.7 Å². The molecule has 138 valence electrons. The highest BCUT2D eigenvalue weighted by atomic mass is 19.1. The largest absolute Gasteiger partial charge is 0.497 e. The first-order chi connectivity index (χ1) is 13.1. The molecule has 0 bridgehead atoms. The van der Waals surface area contributed by atoms with Crippen molar-refractivity contribution in [1.29, 1.82) is 0 Å². The fourth-order valence-electron chi connectivity index (χ4n) is 2.44. The number of amides is 1. The Morgan fingerprint density at radius 3 is 2.70 bits per heavy atom. The van der Waals surface area contributed by atoms with Crippen LogP contribution in [0.5, 0.6) is 5.75 Å². The standard InChI is InChI=1S/C20H19FN4O2/c1-27-17-7-5-14(6-8-17)9-11-22-19(26)18-10-12-23-20(25-18)24-16-4-2-3-15(21)13-16/h2-8,10,12-13H,9,11H2,1H3,(H,22,26)(H,23,24,25). The van der Waals surface area contributed by atoms with Crippen LogP contribution in [0, 0.1) is 5.82 Å². The third-order valence-corrected chi connectivity index (χ3v) is 3.83. The fraction of sp³-hybridized carbons (Fsp3) is 0.150. The first-order valence-electron chi connectivity index (χ1n) is 8.41. The predicted molar refractivity (Wildman–Crippen MR) is 101 cm³/mol. The summed E-state index contributed by atoms with van der Waals surface area (Å²) >= 11 is 0. The Morgan fingerprint density at radius 2 is 1.96 bits per heavy atom. The molecule has 0 radical (unpaired) electrons. The van der Waals surface area contributed by atoms with Gasteiger partial charge in [-0.2, -0.15) is 0 Å². The Balaban J connectivity index is 1.56. The zero-order valence-electron chi connectivity index (χ0n) is 14.8. The molecular weight excluding hydrogens is 347 g/mol. The number of benzene rings is 2. The number of carbonyl (C=O) groups excluding carboxylic acids is 1. The highest BCUT2D eigenvalue weighted by Crippen LogP contribution is 2.14. The number of methoxy groups -OCH3 is 1. The van der Waals surface area contributed by atoms with E-state index in [-0.39, 0.29) is 23.4 Å². The van der Waals surface area contributed by atoms with E-state index in [1.165, 1.54) is 24.4 Å². The third kappa shape index (κ3) is 5.24. The van der Waals surface area contributed by atoms with Crippen molar-refractivity contribution in [3.05, 3.63) is 77.9 Å². The molecule has 0 aliphatic rings. The normalized spacial score (nSPS) is 10.3. The minimum atomic E-state index is -0.368. The minimum absolute atomic E-state index is 0.225. The quantitative estimate of drug-likeness (QED) is 0.671. The van der Waals surface area contributed by atoms with E-state index < -0.39 is 0 Å². The summed E-state index contributed by atoms with van der Waals surface area (Å²) in [5.41, 5.74) is 1.83. The smallest absolute Gasteiger partial charge is 0.270 e. The predicted octanol–water partition coefficient (Wildman–Crippen LogP) is 3.34. The lowest BCUT2D eigenvalue weighted by Crippen LogP contribution is -2.26. The van der Waals surface area contributed by atoms with E-state index in [9.17, 15) is 9.18 Å². The zero-order chi connectivity index (χ0) is 19.1. The van der Waals surface area contributed by atoms with Gasteiger partial charge in [-0.1, -0.05) is 18.2 Å². The van der Waals surface area contributed by atoms with Crippen LogP contribution >= 0.6 is 0 Å². The molecule has 0 saturated carbocycles. The van der Waals surface area contributed by atoms with Gasteiger partial charge in [-0.15, -0.1) is 0 Å². The summed E-state index contributed by atoms with van der Waals surface area (Å²) in [4.78, 5) is 20.5. The summed E-state index contributed by atoms with van der Waals surface area (Å²) in [5, 5.41) is 5.71. The van der Waals surface area contributed by atoms with Crippen LogP contribution in [-0.2, 0) is 6.42 Å². The summed E-state index contributed by atoms with van der Waals surface area (Å²) < 4.78 is 18.4. The highest BCUT2D eigenvalue weighted by Gasteiger charge is 2.09. The van der Waals surface area contributed by atoms with Gasteiger partial charge in [-0.05, 0) is 48.4 Å². The molecule has 27 heavy (non-hydrogen) atoms. The Bertz CT molecular complexity index is 916. The minimum Gasteiger partial charge on any atom is -0.497 e. The first kappa shape index (κ1) is 18.3. The van der Waals surface area contributed by atoms with E-state index >= 15 is 0 Å². The molecule has 1 heterocycles. The molecule has 0 fully saturated rings. The van der Waals surface area contributed by atoms with Gasteiger partial charge in [0, 0.05) is 18.4 Å². The van der Waals surface area contributed by atoms with E-state index in [1.54, 1.807) is 19.2 Å². The number of hydrogen-bond donors (Lipinski definition) is 2. The maximum atomic E-state index is 13.2. The second kappa shape index (κ2) is 8.75. The van der Waals surface area contributed by atoms with E-state index in [0.717, 1.165) is 11.3 Å². The van der Waals surface area contributed by atoms with Crippen molar-refractivity contribution in [2.24, 2.45) is 0 Å². The molecular formula is C20H19FN4O2. The molecule has 3 aromatic rings. The second-order valence-electron chi connectivity index (χ2n) is 5.75. The average Bonchev–Trinajstić information content (AvgIpc) is 2.69. The van der Waals surface area contributed by atoms with Gasteiger partial charge in [-0.25, -0.2) is 14.4 Å². The SMILES string of the molecule is COc1ccc(CCNC(=O)c2ccnc(Nc3cccc(F)c3)n2)cc1. The van der Waals surface area contributed by atoms with Crippen molar-refractivity contribution in [3.63, 3.8) is 0 Å². The molecule has 0 spiro atoms. The Hall–Kier alpha value is -3.48. The summed E-state index contributed by atoms with van der Waals surface area (Å²) in [6.45, 7) is 0.474. The van der Waals surface area contributed by atoms with Crippen molar-refractivity contribution in [2.45, 2.75) is 6.42 Å². The molecule has 7 heteroatoms. The highest BCUT2D eigenvalue weighted by molar-refractivity contribution is 5.92. The Labute approximate surface area is 156 Å². The van der Waals surface area contributed by atoms with Crippen LogP contribution in [0.25, 0.3) is 0 Å². The first-order valence-corrected chi connectivity index (χ1v) is 8.41. The molecule has 0 unspecified atom stereocenters. The lowest BCUT2D eigenvalue weighted by atomic mass is 10.1. The summed E-state index contributed by atoms with van der Waals surface area (Å²) in [6.07, 6.45) is 2.17. The molecule has 0 aliphatic carbocycles. The van der Waals surface area contributed by atoms with Gasteiger partial charge < -0.3 is 15.4 Å². The van der Waals surface area contributed by atoms with Gasteiger partial charge in [0.2, 0.25) is 5.95 Å². The topological polar surface area (TPSA) is 76.1 Å². The van der Waals surface area contributed by atoms with Crippen molar-refractivity contribution >= 4 is 17.5 Å². The summed E-state index contributed by atoms with van der Waals surface area (Å²) in [6, 6.07) is 15.1. The van der Waals surface area contributed by atoms with E-state index in [1.807, 2.05) is 24.3 Å². The van der Waals surface area contributed by atoms with Crippen molar-refractivity contribution in [3.8, 4) is 5.75 Å². The van der Waals surface area contributed by atoms with Crippen LogP contribution in [0.2, 0.25) is 0 Å². The number of hydrogen-bond acceptors (Lipinski definition) is 5. The number of rotatable bonds is 7. The van der Waals surface area contributed by atoms with Crippen molar-refractivity contribution in [2.75, 3.05) is 19.0 Å². The number of ether oxygens (including phenoxy) is 1. The van der Waals surface area contributed by atoms with Crippen LogP contribution < -0.4 is 15.4 Å². The van der Waals surface area contributed by atoms with Crippen LogP contribution in [0.4, 0.5) is 16.0 Å². The average molecular weight is 366 g/mol. The molecule has 3 rings (SSSR count). The fourth-order valence-corrected chi connectivity index (χ4v) is 2.44. The lowest BCUT2D eigenvalue weighted by molar-refractivity contribution is 0.0949. The number of nitrogens with one attached hydrogen (secondary N) is 2. The van der Waals surface area contributed by atoms with Crippen LogP contribution in [-0.4, -0.2) is 29.5 Å². The Kier molecular flexibility index (Phi) is 5.94. The van der Waals surface area contributed by atoms with Gasteiger partial charge in [0.1, 0.15) is 17.3 Å². The summed E-state index contributed by atoms with van der Waals surface area (Å²) in [7, 11) is 1.62. The van der Waals surface area contributed by atoms with Crippen LogP contribution in [0.3, 0.4) is 0 Å². The van der Waals surface area contributed by atoms with Gasteiger partial charge in [0.05, 0.1) is 7.11 Å². The molecule has 2 aromatic carbocycles. The monoisotopic (exact) mass is 366 g/mol. The summed E-state index contributed by atoms with van der Waals surface area (Å²) in [5.74, 6) is 0.353. The number of nitrogens with zero attached hydrogens (tertiary/aromatic N) is 2. The number of halogens is 1. The maximum absolute atomic E-state index is 13.2. The second-order valence-corrected chi connectivity index (χ2v) is 5.75. The van der Waals surface area contributed by atoms with Crippen LogP contribution in [0.15, 0.2) is 60.8 Å². The van der Waals surface area contributed by atoms with Crippen molar-refractivity contribution in [1.82, 2.24) is 15.3 Å². The number of carbonyl (C=O) groups is 1. The number of aromatic nitrogens is 2. The molecule has 0 aliphatic heterocycles. The number of anilines is 2. The van der Waals surface area contributed by atoms with Crippen LogP contribution in [0.1, 0.15) is 16.1 Å². The molecule has 2 N–H and O–H groups in total. The van der Waals surface area contributed by atoms with Gasteiger partial charge in [0.25, 0.3) is 5.91 Å². The molecule has 6 nitrogen and oxygen atoms in total. The van der Waals surface area contributed by atoms with Crippen molar-refractivity contribution < 1.29 is 13.9 Å². The molecule has 1 aromatic heterocycles. The van der Waals surface area contributed by atoms with Gasteiger partial charge in [0.15, 0.2) is 0 Å². The Morgan fingerprint density at radius 1 is 1.15 bits per heavy atom. The van der Waals surface area contributed by atoms with E-state index in [4.69, 9.17) is 4.74 Å².